The third-order valence-corrected chi connectivity index (χ3v) is 5.21. The Labute approximate surface area is 148 Å². The minimum Gasteiger partial charge on any atom is -0.338 e. The fraction of sp³-hybridized carbons (Fsp3) is 0.611. The van der Waals surface area contributed by atoms with Crippen molar-refractivity contribution in [2.24, 2.45) is 0 Å². The summed E-state index contributed by atoms with van der Waals surface area (Å²) in [7, 11) is 0. The van der Waals surface area contributed by atoms with Crippen LogP contribution in [0.15, 0.2) is 0 Å². The summed E-state index contributed by atoms with van der Waals surface area (Å²) in [6.45, 7) is 8.98. The standard InChI is InChI=1S/C18H27N3O2S/c1-5-8-9-10-11-15(22)20-17-14(12-19)13(4)16(24-17)18(23)21(6-2)7-3/h5-11H2,1-4H3,(H,20,22). The molecule has 0 saturated carbocycles. The second-order valence-corrected chi connectivity index (χ2v) is 6.73. The van der Waals surface area contributed by atoms with Gasteiger partial charge in [-0.05, 0) is 32.8 Å². The number of carbonyl (C=O) groups is 2. The number of anilines is 1. The van der Waals surface area contributed by atoms with Gasteiger partial charge in [-0.1, -0.05) is 26.2 Å². The average molecular weight is 350 g/mol. The molecule has 132 valence electrons. The second kappa shape index (κ2) is 10.1. The van der Waals surface area contributed by atoms with Gasteiger partial charge < -0.3 is 10.2 Å². The van der Waals surface area contributed by atoms with Gasteiger partial charge in [0.25, 0.3) is 5.91 Å². The van der Waals surface area contributed by atoms with E-state index in [0.717, 1.165) is 25.7 Å². The lowest BCUT2D eigenvalue weighted by Crippen LogP contribution is -2.30. The van der Waals surface area contributed by atoms with Gasteiger partial charge in [0.1, 0.15) is 11.1 Å². The van der Waals surface area contributed by atoms with Crippen LogP contribution in [0.2, 0.25) is 0 Å². The highest BCUT2D eigenvalue weighted by Crippen LogP contribution is 2.33. The summed E-state index contributed by atoms with van der Waals surface area (Å²) < 4.78 is 0. The average Bonchev–Trinajstić information content (AvgIpc) is 2.88. The zero-order chi connectivity index (χ0) is 18.1. The van der Waals surface area contributed by atoms with E-state index in [1.807, 2.05) is 13.8 Å². The maximum absolute atomic E-state index is 12.6. The molecule has 0 atom stereocenters. The van der Waals surface area contributed by atoms with Crippen LogP contribution in [0.3, 0.4) is 0 Å². The Kier molecular flexibility index (Phi) is 8.48. The molecule has 0 spiro atoms. The molecule has 0 aromatic carbocycles. The van der Waals surface area contributed by atoms with E-state index in [0.29, 0.717) is 40.5 Å². The Balaban J connectivity index is 2.89. The van der Waals surface area contributed by atoms with E-state index in [1.54, 1.807) is 11.8 Å². The zero-order valence-electron chi connectivity index (χ0n) is 15.1. The normalized spacial score (nSPS) is 10.3. The van der Waals surface area contributed by atoms with Crippen molar-refractivity contribution in [3.05, 3.63) is 16.0 Å². The Morgan fingerprint density at radius 1 is 1.17 bits per heavy atom. The molecular weight excluding hydrogens is 322 g/mol. The molecule has 0 unspecified atom stereocenters. The molecule has 0 radical (unpaired) electrons. The monoisotopic (exact) mass is 349 g/mol. The van der Waals surface area contributed by atoms with E-state index in [2.05, 4.69) is 18.3 Å². The molecule has 0 aliphatic heterocycles. The molecule has 1 aromatic heterocycles. The summed E-state index contributed by atoms with van der Waals surface area (Å²) in [6.07, 6.45) is 4.57. The molecule has 1 heterocycles. The number of hydrogen-bond acceptors (Lipinski definition) is 4. The first-order valence-corrected chi connectivity index (χ1v) is 9.44. The first kappa shape index (κ1) is 20.2. The maximum atomic E-state index is 12.6. The van der Waals surface area contributed by atoms with Crippen molar-refractivity contribution in [2.45, 2.75) is 59.8 Å². The largest absolute Gasteiger partial charge is 0.338 e. The van der Waals surface area contributed by atoms with Crippen LogP contribution >= 0.6 is 11.3 Å². The van der Waals surface area contributed by atoms with Crippen LogP contribution in [0.25, 0.3) is 0 Å². The number of hydrogen-bond donors (Lipinski definition) is 1. The fourth-order valence-electron chi connectivity index (χ4n) is 2.50. The van der Waals surface area contributed by atoms with Crippen LogP contribution in [-0.4, -0.2) is 29.8 Å². The number of rotatable bonds is 9. The van der Waals surface area contributed by atoms with E-state index in [9.17, 15) is 14.9 Å². The zero-order valence-corrected chi connectivity index (χ0v) is 15.9. The molecule has 0 saturated heterocycles. The molecule has 0 aliphatic carbocycles. The molecule has 1 N–H and O–H groups in total. The van der Waals surface area contributed by atoms with Gasteiger partial charge in [0.05, 0.1) is 10.4 Å². The number of amides is 2. The molecule has 1 rings (SSSR count). The highest BCUT2D eigenvalue weighted by atomic mass is 32.1. The molecule has 2 amide bonds. The van der Waals surface area contributed by atoms with Crippen LogP contribution in [0.1, 0.15) is 73.7 Å². The van der Waals surface area contributed by atoms with Gasteiger partial charge in [0.2, 0.25) is 5.91 Å². The third-order valence-electron chi connectivity index (χ3n) is 4.01. The number of nitrogens with zero attached hydrogens (tertiary/aromatic N) is 2. The molecule has 0 aliphatic rings. The lowest BCUT2D eigenvalue weighted by atomic mass is 10.1. The first-order chi connectivity index (χ1) is 11.5. The Morgan fingerprint density at radius 3 is 2.38 bits per heavy atom. The van der Waals surface area contributed by atoms with Crippen molar-refractivity contribution < 1.29 is 9.59 Å². The van der Waals surface area contributed by atoms with Crippen LogP contribution in [0.4, 0.5) is 5.00 Å². The Morgan fingerprint density at radius 2 is 1.83 bits per heavy atom. The summed E-state index contributed by atoms with van der Waals surface area (Å²) in [6, 6.07) is 2.12. The van der Waals surface area contributed by atoms with E-state index < -0.39 is 0 Å². The van der Waals surface area contributed by atoms with E-state index >= 15 is 0 Å². The van der Waals surface area contributed by atoms with E-state index in [-0.39, 0.29) is 11.8 Å². The molecule has 24 heavy (non-hydrogen) atoms. The number of nitrogens with one attached hydrogen (secondary N) is 1. The van der Waals surface area contributed by atoms with E-state index in [4.69, 9.17) is 0 Å². The number of nitriles is 1. The summed E-state index contributed by atoms with van der Waals surface area (Å²) in [5, 5.41) is 12.7. The molecule has 0 fully saturated rings. The van der Waals surface area contributed by atoms with Crippen molar-refractivity contribution in [3.63, 3.8) is 0 Å². The maximum Gasteiger partial charge on any atom is 0.264 e. The number of carbonyl (C=O) groups excluding carboxylic acids is 2. The quantitative estimate of drug-likeness (QED) is 0.675. The minimum absolute atomic E-state index is 0.0811. The van der Waals surface area contributed by atoms with Crippen molar-refractivity contribution in [1.29, 1.82) is 5.26 Å². The topological polar surface area (TPSA) is 73.2 Å². The van der Waals surface area contributed by atoms with Gasteiger partial charge >= 0.3 is 0 Å². The second-order valence-electron chi connectivity index (χ2n) is 5.71. The molecule has 0 bridgehead atoms. The summed E-state index contributed by atoms with van der Waals surface area (Å²) in [4.78, 5) is 26.9. The van der Waals surface area contributed by atoms with Crippen LogP contribution in [0, 0.1) is 18.3 Å². The first-order valence-electron chi connectivity index (χ1n) is 8.62. The highest BCUT2D eigenvalue weighted by molar-refractivity contribution is 7.18. The Bertz CT molecular complexity index is 613. The smallest absolute Gasteiger partial charge is 0.264 e. The van der Waals surface area contributed by atoms with Crippen LogP contribution in [0.5, 0.6) is 0 Å². The fourth-order valence-corrected chi connectivity index (χ4v) is 3.64. The van der Waals surface area contributed by atoms with Gasteiger partial charge in [-0.25, -0.2) is 0 Å². The van der Waals surface area contributed by atoms with Crippen molar-refractivity contribution in [2.75, 3.05) is 18.4 Å². The molecule has 6 heteroatoms. The summed E-state index contributed by atoms with van der Waals surface area (Å²) >= 11 is 1.20. The summed E-state index contributed by atoms with van der Waals surface area (Å²) in [5.74, 6) is -0.173. The molecule has 5 nitrogen and oxygen atoms in total. The molecule has 1 aromatic rings. The van der Waals surface area contributed by atoms with E-state index in [1.165, 1.54) is 11.3 Å². The Hall–Kier alpha value is -1.87. The summed E-state index contributed by atoms with van der Waals surface area (Å²) in [5.41, 5.74) is 1.05. The number of thiophene rings is 1. The van der Waals surface area contributed by atoms with Gasteiger partial charge in [-0.15, -0.1) is 11.3 Å². The van der Waals surface area contributed by atoms with Crippen LogP contribution in [-0.2, 0) is 4.79 Å². The van der Waals surface area contributed by atoms with Crippen molar-refractivity contribution >= 4 is 28.2 Å². The van der Waals surface area contributed by atoms with Gasteiger partial charge in [0.15, 0.2) is 0 Å². The minimum atomic E-state index is -0.0920. The number of unbranched alkanes of at least 4 members (excludes halogenated alkanes) is 3. The van der Waals surface area contributed by atoms with Crippen molar-refractivity contribution in [3.8, 4) is 6.07 Å². The third kappa shape index (κ3) is 5.07. The highest BCUT2D eigenvalue weighted by Gasteiger charge is 2.23. The predicted molar refractivity (Wildman–Crippen MR) is 98.4 cm³/mol. The van der Waals surface area contributed by atoms with Gasteiger partial charge in [-0.2, -0.15) is 5.26 Å². The predicted octanol–water partition coefficient (Wildman–Crippen LogP) is 4.32. The van der Waals surface area contributed by atoms with Gasteiger partial charge in [0, 0.05) is 19.5 Å². The van der Waals surface area contributed by atoms with Crippen LogP contribution < -0.4 is 5.32 Å². The molecular formula is C18H27N3O2S. The van der Waals surface area contributed by atoms with Gasteiger partial charge in [-0.3, -0.25) is 9.59 Å². The lowest BCUT2D eigenvalue weighted by Gasteiger charge is -2.17. The SMILES string of the molecule is CCCCCCC(=O)Nc1sc(C(=O)N(CC)CC)c(C)c1C#N. The lowest BCUT2D eigenvalue weighted by molar-refractivity contribution is -0.116. The van der Waals surface area contributed by atoms with Crippen molar-refractivity contribution in [1.82, 2.24) is 4.90 Å².